The van der Waals surface area contributed by atoms with Gasteiger partial charge in [-0.2, -0.15) is 0 Å². The second-order valence-electron chi connectivity index (χ2n) is 6.82. The minimum absolute atomic E-state index is 0.111. The van der Waals surface area contributed by atoms with Crippen LogP contribution in [-0.4, -0.2) is 16.2 Å². The van der Waals surface area contributed by atoms with Crippen molar-refractivity contribution in [2.45, 2.75) is 5.60 Å². The molecule has 3 aromatic carbocycles. The Morgan fingerprint density at radius 3 is 1.69 bits per heavy atom. The number of carbonyl (C=O) groups is 1. The summed E-state index contributed by atoms with van der Waals surface area (Å²) in [5, 5.41) is 21.6. The predicted molar refractivity (Wildman–Crippen MR) is 177 cm³/mol. The van der Waals surface area contributed by atoms with Crippen molar-refractivity contribution in [3.63, 3.8) is 0 Å². The summed E-state index contributed by atoms with van der Waals surface area (Å²) in [6, 6.07) is 5.56. The van der Waals surface area contributed by atoms with Gasteiger partial charge in [0.15, 0.2) is 17.1 Å². The van der Waals surface area contributed by atoms with Crippen molar-refractivity contribution in [3.8, 4) is 23.0 Å². The van der Waals surface area contributed by atoms with Gasteiger partial charge < -0.3 is 19.7 Å². The fourth-order valence-electron chi connectivity index (χ4n) is 3.95. The Balaban J connectivity index is 2.09. The Bertz CT molecular complexity index is 1330. The molecule has 0 atom stereocenters. The molecule has 0 unspecified atom stereocenters. The molecule has 5 nitrogen and oxygen atoms in total. The molecule has 3 aromatic rings. The smallest absolute Gasteiger partial charge is 0.340 e. The predicted octanol–water partition coefficient (Wildman–Crippen LogP) is 7.90. The molecule has 32 heavy (non-hydrogen) atoms. The number of phenolic OH excluding ortho intramolecular Hbond substituents is 2. The Hall–Kier alpha value is 1.64. The number of ether oxygens (including phenoxy) is 2. The minimum atomic E-state index is -1.28. The molecule has 0 saturated carbocycles. The van der Waals surface area contributed by atoms with Crippen molar-refractivity contribution in [3.05, 3.63) is 65.4 Å². The van der Waals surface area contributed by atoms with Crippen LogP contribution in [0.5, 0.6) is 23.0 Å². The molecule has 0 bridgehead atoms. The van der Waals surface area contributed by atoms with Gasteiger partial charge in [-0.1, -0.05) is 6.07 Å². The first kappa shape index (κ1) is 25.3. The summed E-state index contributed by atoms with van der Waals surface area (Å²) in [4.78, 5) is 13.2. The van der Waals surface area contributed by atoms with Crippen molar-refractivity contribution in [2.75, 3.05) is 0 Å². The number of fused-ring (bicyclic) bond motifs is 6. The molecular formula is C20H5I7O5. The van der Waals surface area contributed by atoms with Crippen LogP contribution in [-0.2, 0) is 10.3 Å². The Labute approximate surface area is 277 Å². The molecule has 1 spiro atoms. The standard InChI is InChI=1S/C20H5I7O5/c21-5-3-1-2-4-6(5)20(32-19(4)30)7-9(22)11(24)15(28)13(26)17(7)31-18-8(20)10(23)12(25)16(29)14(18)27/h1-3,28-29H. The zero-order valence-corrected chi connectivity index (χ0v) is 30.1. The molecule has 2 aliphatic heterocycles. The van der Waals surface area contributed by atoms with E-state index in [0.29, 0.717) is 42.5 Å². The third-order valence-corrected chi connectivity index (χ3v) is 14.5. The highest BCUT2D eigenvalue weighted by atomic mass is 127. The number of esters is 1. The molecule has 5 rings (SSSR count). The van der Waals surface area contributed by atoms with Crippen LogP contribution in [0.1, 0.15) is 27.0 Å². The molecule has 164 valence electrons. The maximum atomic E-state index is 13.2. The van der Waals surface area contributed by atoms with Gasteiger partial charge >= 0.3 is 5.97 Å². The lowest BCUT2D eigenvalue weighted by Crippen LogP contribution is -2.37. The van der Waals surface area contributed by atoms with E-state index in [9.17, 15) is 15.0 Å². The molecule has 2 aliphatic rings. The molecule has 0 fully saturated rings. The van der Waals surface area contributed by atoms with Crippen LogP contribution >= 0.6 is 158 Å². The van der Waals surface area contributed by atoms with Crippen LogP contribution in [0, 0.1) is 25.0 Å². The first-order valence-corrected chi connectivity index (χ1v) is 16.1. The van der Waals surface area contributed by atoms with Crippen LogP contribution in [0.4, 0.5) is 0 Å². The first-order chi connectivity index (χ1) is 15.0. The summed E-state index contributed by atoms with van der Waals surface area (Å²) in [6.45, 7) is 0. The van der Waals surface area contributed by atoms with Gasteiger partial charge in [0.2, 0.25) is 0 Å². The molecule has 0 saturated heterocycles. The van der Waals surface area contributed by atoms with Gasteiger partial charge in [0.25, 0.3) is 0 Å². The topological polar surface area (TPSA) is 76.0 Å². The lowest BCUT2D eigenvalue weighted by molar-refractivity contribution is 0.0215. The van der Waals surface area contributed by atoms with Crippen molar-refractivity contribution >= 4 is 164 Å². The molecule has 0 aliphatic carbocycles. The molecule has 0 radical (unpaired) electrons. The number of halogens is 7. The van der Waals surface area contributed by atoms with E-state index < -0.39 is 11.6 Å². The third kappa shape index (κ3) is 3.32. The van der Waals surface area contributed by atoms with E-state index in [1.54, 1.807) is 6.07 Å². The number of hydrogen-bond acceptors (Lipinski definition) is 5. The van der Waals surface area contributed by atoms with E-state index in [-0.39, 0.29) is 11.5 Å². The number of hydrogen-bond donors (Lipinski definition) is 2. The summed E-state index contributed by atoms with van der Waals surface area (Å²) in [7, 11) is 0. The molecule has 0 aromatic heterocycles. The molecular weight excluding hydrogens is 1210 g/mol. The molecule has 0 amide bonds. The Kier molecular flexibility index (Phi) is 7.02. The Morgan fingerprint density at radius 2 is 1.19 bits per heavy atom. The summed E-state index contributed by atoms with van der Waals surface area (Å²) >= 11 is 14.9. The zero-order valence-electron chi connectivity index (χ0n) is 15.0. The van der Waals surface area contributed by atoms with Gasteiger partial charge in [-0.15, -0.1) is 0 Å². The van der Waals surface area contributed by atoms with E-state index >= 15 is 0 Å². The molecule has 2 N–H and O–H groups in total. The maximum Gasteiger partial charge on any atom is 0.340 e. The van der Waals surface area contributed by atoms with Gasteiger partial charge in [0.1, 0.15) is 11.5 Å². The lowest BCUT2D eigenvalue weighted by Gasteiger charge is -2.39. The van der Waals surface area contributed by atoms with Crippen molar-refractivity contribution in [1.29, 1.82) is 0 Å². The maximum absolute atomic E-state index is 13.2. The van der Waals surface area contributed by atoms with Gasteiger partial charge in [-0.05, 0) is 170 Å². The number of phenols is 2. The summed E-state index contributed by atoms with van der Waals surface area (Å²) in [5.74, 6) is 0.657. The monoisotopic (exact) mass is 1210 g/mol. The number of benzene rings is 3. The van der Waals surface area contributed by atoms with Crippen LogP contribution in [0.2, 0.25) is 0 Å². The second-order valence-corrected chi connectivity index (χ2v) is 14.5. The van der Waals surface area contributed by atoms with E-state index in [2.05, 4.69) is 158 Å². The Morgan fingerprint density at radius 1 is 0.688 bits per heavy atom. The highest BCUT2D eigenvalue weighted by molar-refractivity contribution is 14.1. The zero-order chi connectivity index (χ0) is 23.3. The number of rotatable bonds is 0. The second kappa shape index (κ2) is 8.89. The average molecular weight is 1210 g/mol. The largest absolute Gasteiger partial charge is 0.506 e. The number of carbonyl (C=O) groups excluding carboxylic acids is 1. The quantitative estimate of drug-likeness (QED) is 0.136. The van der Waals surface area contributed by atoms with Crippen molar-refractivity contribution < 1.29 is 24.5 Å². The van der Waals surface area contributed by atoms with Gasteiger partial charge in [0, 0.05) is 16.3 Å². The number of aromatic hydroxyl groups is 2. The molecule has 2 heterocycles. The van der Waals surface area contributed by atoms with Crippen molar-refractivity contribution in [2.24, 2.45) is 0 Å². The van der Waals surface area contributed by atoms with E-state index in [1.807, 2.05) is 12.1 Å². The van der Waals surface area contributed by atoms with E-state index in [1.165, 1.54) is 0 Å². The van der Waals surface area contributed by atoms with Gasteiger partial charge in [-0.3, -0.25) is 0 Å². The molecule has 12 heteroatoms. The van der Waals surface area contributed by atoms with E-state index in [4.69, 9.17) is 9.47 Å². The average Bonchev–Trinajstić information content (AvgIpc) is 3.06. The summed E-state index contributed by atoms with van der Waals surface area (Å²) < 4.78 is 17.5. The first-order valence-electron chi connectivity index (χ1n) is 8.53. The fourth-order valence-corrected chi connectivity index (χ4v) is 10.00. The highest BCUT2D eigenvalue weighted by Gasteiger charge is 2.58. The van der Waals surface area contributed by atoms with Crippen LogP contribution in [0.3, 0.4) is 0 Å². The van der Waals surface area contributed by atoms with Crippen molar-refractivity contribution in [1.82, 2.24) is 0 Å². The third-order valence-electron chi connectivity index (χ3n) is 5.25. The minimum Gasteiger partial charge on any atom is -0.506 e. The van der Waals surface area contributed by atoms with E-state index in [0.717, 1.165) is 16.3 Å². The van der Waals surface area contributed by atoms with Crippen LogP contribution in [0.25, 0.3) is 0 Å². The van der Waals surface area contributed by atoms with Gasteiger partial charge in [0.05, 0.1) is 31.0 Å². The normalized spacial score (nSPS) is 15.2. The fraction of sp³-hybridized carbons (Fsp3) is 0.0500. The van der Waals surface area contributed by atoms with Gasteiger partial charge in [-0.25, -0.2) is 4.79 Å². The van der Waals surface area contributed by atoms with Crippen LogP contribution in [0.15, 0.2) is 18.2 Å². The summed E-state index contributed by atoms with van der Waals surface area (Å²) in [5.41, 5.74) is 1.34. The SMILES string of the molecule is O=C1OC2(c3c(I)cccc31)c1c(I)c(I)c(O)c(I)c1Oc1c(I)c(O)c(I)c(I)c12. The summed E-state index contributed by atoms with van der Waals surface area (Å²) in [6.07, 6.45) is 0. The highest BCUT2D eigenvalue weighted by Crippen LogP contribution is 2.63. The lowest BCUT2D eigenvalue weighted by atomic mass is 9.77. The van der Waals surface area contributed by atoms with Crippen LogP contribution < -0.4 is 4.74 Å².